The van der Waals surface area contributed by atoms with Gasteiger partial charge in [0.15, 0.2) is 0 Å². The molecule has 2 amide bonds. The number of halogens is 1. The van der Waals surface area contributed by atoms with Gasteiger partial charge in [-0.15, -0.1) is 11.8 Å². The summed E-state index contributed by atoms with van der Waals surface area (Å²) in [6.45, 7) is 0.843. The summed E-state index contributed by atoms with van der Waals surface area (Å²) in [5, 5.41) is 6.25. The standard InChI is InChI=1S/C19H21ClN2O3S/c1-25-11-10-21-19(24)16-4-2-3-5-17(16)22-18(23)13-26-12-14-6-8-15(20)9-7-14/h2-9H,10-13H2,1H3,(H,21,24)(H,22,23). The van der Waals surface area contributed by atoms with Crippen LogP contribution >= 0.6 is 23.4 Å². The van der Waals surface area contributed by atoms with Crippen LogP contribution in [0.1, 0.15) is 15.9 Å². The first-order chi connectivity index (χ1) is 12.6. The normalized spacial score (nSPS) is 10.4. The van der Waals surface area contributed by atoms with Gasteiger partial charge >= 0.3 is 0 Å². The predicted molar refractivity (Wildman–Crippen MR) is 107 cm³/mol. The highest BCUT2D eigenvalue weighted by atomic mass is 35.5. The highest BCUT2D eigenvalue weighted by molar-refractivity contribution is 7.99. The molecule has 2 rings (SSSR count). The van der Waals surface area contributed by atoms with Crippen LogP contribution in [-0.2, 0) is 15.3 Å². The van der Waals surface area contributed by atoms with E-state index >= 15 is 0 Å². The van der Waals surface area contributed by atoms with Crippen molar-refractivity contribution in [3.63, 3.8) is 0 Å². The average Bonchev–Trinajstić information content (AvgIpc) is 2.64. The molecular formula is C19H21ClN2O3S. The Morgan fingerprint density at radius 2 is 1.85 bits per heavy atom. The second-order valence-corrected chi connectivity index (χ2v) is 6.88. The van der Waals surface area contributed by atoms with Crippen molar-refractivity contribution >= 4 is 40.9 Å². The minimum atomic E-state index is -0.244. The lowest BCUT2D eigenvalue weighted by Crippen LogP contribution is -2.28. The molecule has 0 unspecified atom stereocenters. The number of benzene rings is 2. The van der Waals surface area contributed by atoms with Gasteiger partial charge in [0, 0.05) is 24.4 Å². The molecule has 5 nitrogen and oxygen atoms in total. The van der Waals surface area contributed by atoms with Gasteiger partial charge in [-0.3, -0.25) is 9.59 Å². The number of carbonyl (C=O) groups is 2. The van der Waals surface area contributed by atoms with Crippen molar-refractivity contribution in [2.24, 2.45) is 0 Å². The van der Waals surface area contributed by atoms with Gasteiger partial charge in [0.05, 0.1) is 23.6 Å². The van der Waals surface area contributed by atoms with Gasteiger partial charge in [0.1, 0.15) is 0 Å². The second-order valence-electron chi connectivity index (χ2n) is 5.46. The fraction of sp³-hybridized carbons (Fsp3) is 0.263. The molecule has 26 heavy (non-hydrogen) atoms. The number of methoxy groups -OCH3 is 1. The van der Waals surface area contributed by atoms with Crippen molar-refractivity contribution in [1.29, 1.82) is 0 Å². The summed E-state index contributed by atoms with van der Waals surface area (Å²) < 4.78 is 4.92. The van der Waals surface area contributed by atoms with Crippen molar-refractivity contribution in [1.82, 2.24) is 5.32 Å². The van der Waals surface area contributed by atoms with Crippen molar-refractivity contribution in [2.75, 3.05) is 31.3 Å². The minimum absolute atomic E-state index is 0.152. The van der Waals surface area contributed by atoms with E-state index in [1.165, 1.54) is 11.8 Å². The zero-order valence-corrected chi connectivity index (χ0v) is 16.0. The SMILES string of the molecule is COCCNC(=O)c1ccccc1NC(=O)CSCc1ccc(Cl)cc1. The van der Waals surface area contributed by atoms with Gasteiger partial charge in [-0.2, -0.15) is 0 Å². The molecule has 0 aliphatic heterocycles. The van der Waals surface area contributed by atoms with E-state index < -0.39 is 0 Å². The van der Waals surface area contributed by atoms with Crippen LogP contribution in [0.5, 0.6) is 0 Å². The van der Waals surface area contributed by atoms with Crippen LogP contribution in [-0.4, -0.2) is 37.8 Å². The van der Waals surface area contributed by atoms with Crippen molar-refractivity contribution in [3.8, 4) is 0 Å². The Morgan fingerprint density at radius 1 is 1.12 bits per heavy atom. The fourth-order valence-corrected chi connectivity index (χ4v) is 3.09. The molecule has 0 heterocycles. The molecule has 0 aliphatic carbocycles. The van der Waals surface area contributed by atoms with Crippen LogP contribution in [0.3, 0.4) is 0 Å². The number of carbonyl (C=O) groups excluding carboxylic acids is 2. The van der Waals surface area contributed by atoms with E-state index in [9.17, 15) is 9.59 Å². The maximum atomic E-state index is 12.2. The van der Waals surface area contributed by atoms with Gasteiger partial charge in [0.2, 0.25) is 5.91 Å². The number of amides is 2. The maximum Gasteiger partial charge on any atom is 0.253 e. The van der Waals surface area contributed by atoms with E-state index in [4.69, 9.17) is 16.3 Å². The van der Waals surface area contributed by atoms with Gasteiger partial charge in [0.25, 0.3) is 5.91 Å². The van der Waals surface area contributed by atoms with Crippen LogP contribution in [0.15, 0.2) is 48.5 Å². The first-order valence-electron chi connectivity index (χ1n) is 8.08. The zero-order valence-electron chi connectivity index (χ0n) is 14.5. The van der Waals surface area contributed by atoms with E-state index in [2.05, 4.69) is 10.6 Å². The Labute approximate surface area is 162 Å². The summed E-state index contributed by atoms with van der Waals surface area (Å²) in [6.07, 6.45) is 0. The summed E-state index contributed by atoms with van der Waals surface area (Å²) in [6, 6.07) is 14.5. The van der Waals surface area contributed by atoms with Crippen LogP contribution in [0.2, 0.25) is 5.02 Å². The topological polar surface area (TPSA) is 67.4 Å². The number of rotatable bonds is 9. The summed E-state index contributed by atoms with van der Waals surface area (Å²) in [5.41, 5.74) is 2.03. The number of thioether (sulfide) groups is 1. The molecule has 0 radical (unpaired) electrons. The Kier molecular flexibility index (Phi) is 8.47. The van der Waals surface area contributed by atoms with E-state index in [-0.39, 0.29) is 11.8 Å². The Balaban J connectivity index is 1.86. The molecule has 2 aromatic rings. The number of hydrogen-bond acceptors (Lipinski definition) is 4. The Hall–Kier alpha value is -2.02. The molecule has 0 saturated heterocycles. The number of nitrogens with one attached hydrogen (secondary N) is 2. The van der Waals surface area contributed by atoms with Crippen LogP contribution in [0.25, 0.3) is 0 Å². The quantitative estimate of drug-likeness (QED) is 0.640. The molecule has 2 N–H and O–H groups in total. The summed E-state index contributed by atoms with van der Waals surface area (Å²) in [5.74, 6) is 0.610. The van der Waals surface area contributed by atoms with Gasteiger partial charge in [-0.1, -0.05) is 35.9 Å². The highest BCUT2D eigenvalue weighted by Crippen LogP contribution is 2.18. The molecule has 0 aromatic heterocycles. The number of para-hydroxylation sites is 1. The fourth-order valence-electron chi connectivity index (χ4n) is 2.18. The molecule has 0 saturated carbocycles. The van der Waals surface area contributed by atoms with Crippen LogP contribution in [0, 0.1) is 0 Å². The number of hydrogen-bond donors (Lipinski definition) is 2. The van der Waals surface area contributed by atoms with E-state index in [1.807, 2.05) is 24.3 Å². The molecule has 0 atom stereocenters. The van der Waals surface area contributed by atoms with E-state index in [0.717, 1.165) is 5.56 Å². The first-order valence-corrected chi connectivity index (χ1v) is 9.61. The smallest absolute Gasteiger partial charge is 0.253 e. The van der Waals surface area contributed by atoms with Crippen LogP contribution < -0.4 is 10.6 Å². The zero-order chi connectivity index (χ0) is 18.8. The van der Waals surface area contributed by atoms with Gasteiger partial charge < -0.3 is 15.4 Å². The molecule has 0 spiro atoms. The molecule has 0 bridgehead atoms. The molecule has 138 valence electrons. The Morgan fingerprint density at radius 3 is 2.58 bits per heavy atom. The third-order valence-corrected chi connectivity index (χ3v) is 4.71. The summed E-state index contributed by atoms with van der Waals surface area (Å²) in [4.78, 5) is 24.4. The first kappa shape index (κ1) is 20.3. The highest BCUT2D eigenvalue weighted by Gasteiger charge is 2.12. The molecule has 0 aliphatic rings. The maximum absolute atomic E-state index is 12.2. The van der Waals surface area contributed by atoms with Gasteiger partial charge in [-0.25, -0.2) is 0 Å². The summed E-state index contributed by atoms with van der Waals surface area (Å²) >= 11 is 7.35. The lowest BCUT2D eigenvalue weighted by atomic mass is 10.1. The lowest BCUT2D eigenvalue weighted by Gasteiger charge is -2.11. The molecule has 0 fully saturated rings. The monoisotopic (exact) mass is 392 g/mol. The van der Waals surface area contributed by atoms with E-state index in [1.54, 1.807) is 31.4 Å². The number of ether oxygens (including phenoxy) is 1. The molecule has 2 aromatic carbocycles. The van der Waals surface area contributed by atoms with E-state index in [0.29, 0.717) is 40.9 Å². The lowest BCUT2D eigenvalue weighted by molar-refractivity contribution is -0.113. The summed E-state index contributed by atoms with van der Waals surface area (Å²) in [7, 11) is 1.57. The number of anilines is 1. The molecular weight excluding hydrogens is 372 g/mol. The molecule has 7 heteroatoms. The van der Waals surface area contributed by atoms with Crippen molar-refractivity contribution < 1.29 is 14.3 Å². The second kappa shape index (κ2) is 10.9. The Bertz CT molecular complexity index is 738. The minimum Gasteiger partial charge on any atom is -0.383 e. The third kappa shape index (κ3) is 6.71. The third-order valence-electron chi connectivity index (χ3n) is 3.45. The largest absolute Gasteiger partial charge is 0.383 e. The van der Waals surface area contributed by atoms with Crippen molar-refractivity contribution in [3.05, 3.63) is 64.7 Å². The predicted octanol–water partition coefficient (Wildman–Crippen LogP) is 3.59. The van der Waals surface area contributed by atoms with Gasteiger partial charge in [-0.05, 0) is 29.8 Å². The van der Waals surface area contributed by atoms with Crippen LogP contribution in [0.4, 0.5) is 5.69 Å². The van der Waals surface area contributed by atoms with Crippen molar-refractivity contribution in [2.45, 2.75) is 5.75 Å². The average molecular weight is 393 g/mol.